The zero-order valence-corrected chi connectivity index (χ0v) is 12.9. The van der Waals surface area contributed by atoms with Crippen molar-refractivity contribution >= 4 is 16.2 Å². The zero-order chi connectivity index (χ0) is 15.3. The summed E-state index contributed by atoms with van der Waals surface area (Å²) in [6, 6.07) is -0.0592. The monoisotopic (exact) mass is 318 g/mol. The molecule has 3 rings (SSSR count). The van der Waals surface area contributed by atoms with Gasteiger partial charge in [0, 0.05) is 37.6 Å². The maximum absolute atomic E-state index is 12.3. The van der Waals surface area contributed by atoms with E-state index in [1.54, 1.807) is 0 Å². The van der Waals surface area contributed by atoms with Crippen LogP contribution in [0.4, 0.5) is 0 Å². The Balaban J connectivity index is 1.66. The Morgan fingerprint density at radius 3 is 2.76 bits per heavy atom. The van der Waals surface area contributed by atoms with Gasteiger partial charge in [-0.05, 0) is 19.3 Å². The molecule has 3 fully saturated rings. The van der Waals surface area contributed by atoms with Crippen molar-refractivity contribution in [3.8, 4) is 0 Å². The van der Waals surface area contributed by atoms with Crippen molar-refractivity contribution in [2.75, 3.05) is 20.2 Å². The van der Waals surface area contributed by atoms with E-state index in [0.29, 0.717) is 6.61 Å². The molecular formula is C13H22N2O5S. The fraction of sp³-hybridized carbons (Fsp3) is 0.923. The van der Waals surface area contributed by atoms with E-state index in [9.17, 15) is 13.2 Å². The van der Waals surface area contributed by atoms with E-state index in [0.717, 1.165) is 30.0 Å². The molecule has 1 spiro atoms. The summed E-state index contributed by atoms with van der Waals surface area (Å²) in [6.45, 7) is 0.694. The molecule has 0 bridgehead atoms. The third-order valence-corrected chi connectivity index (χ3v) is 6.92. The summed E-state index contributed by atoms with van der Waals surface area (Å²) < 4.78 is 34.4. The van der Waals surface area contributed by atoms with Gasteiger partial charge in [0.25, 0.3) is 10.2 Å². The van der Waals surface area contributed by atoms with Crippen molar-refractivity contribution in [2.45, 2.75) is 44.2 Å². The highest BCUT2D eigenvalue weighted by molar-refractivity contribution is 7.87. The van der Waals surface area contributed by atoms with E-state index in [2.05, 4.69) is 4.72 Å². The predicted molar refractivity (Wildman–Crippen MR) is 74.9 cm³/mol. The fourth-order valence-corrected chi connectivity index (χ4v) is 5.28. The lowest BCUT2D eigenvalue weighted by Gasteiger charge is -2.63. The maximum atomic E-state index is 12.3. The van der Waals surface area contributed by atoms with Crippen molar-refractivity contribution in [3.05, 3.63) is 0 Å². The van der Waals surface area contributed by atoms with Gasteiger partial charge in [0.15, 0.2) is 0 Å². The number of hydrogen-bond donors (Lipinski definition) is 2. The normalized spacial score (nSPS) is 33.5. The van der Waals surface area contributed by atoms with Gasteiger partial charge in [-0.3, -0.25) is 4.79 Å². The van der Waals surface area contributed by atoms with Crippen LogP contribution in [0.3, 0.4) is 0 Å². The number of carbonyl (C=O) groups is 1. The lowest BCUT2D eigenvalue weighted by molar-refractivity contribution is -0.170. The van der Waals surface area contributed by atoms with Crippen molar-refractivity contribution in [1.82, 2.24) is 9.03 Å². The Hall–Kier alpha value is -0.700. The molecular weight excluding hydrogens is 296 g/mol. The average Bonchev–Trinajstić information content (AvgIpc) is 2.76. The molecule has 0 aromatic carbocycles. The molecule has 0 radical (unpaired) electrons. The second kappa shape index (κ2) is 5.19. The number of carboxylic acids is 1. The first kappa shape index (κ1) is 15.2. The molecule has 3 aliphatic rings. The lowest BCUT2D eigenvalue weighted by atomic mass is 9.47. The van der Waals surface area contributed by atoms with Crippen molar-refractivity contribution in [2.24, 2.45) is 11.3 Å². The van der Waals surface area contributed by atoms with Gasteiger partial charge in [0.1, 0.15) is 0 Å². The van der Waals surface area contributed by atoms with Crippen LogP contribution in [0.5, 0.6) is 0 Å². The third kappa shape index (κ3) is 2.38. The van der Waals surface area contributed by atoms with Crippen LogP contribution in [0.1, 0.15) is 32.1 Å². The number of carboxylic acid groups (broad SMARTS) is 1. The Morgan fingerprint density at radius 1 is 1.48 bits per heavy atom. The summed E-state index contributed by atoms with van der Waals surface area (Å²) in [5.74, 6) is -0.728. The van der Waals surface area contributed by atoms with Gasteiger partial charge in [-0.1, -0.05) is 6.42 Å². The first-order chi connectivity index (χ1) is 9.87. The molecule has 1 aliphatic heterocycles. The van der Waals surface area contributed by atoms with E-state index in [4.69, 9.17) is 9.84 Å². The summed E-state index contributed by atoms with van der Waals surface area (Å²) in [6.07, 6.45) is 4.07. The summed E-state index contributed by atoms with van der Waals surface area (Å²) in [7, 11) is -2.22. The predicted octanol–water partition coefficient (Wildman–Crippen LogP) is 0.185. The van der Waals surface area contributed by atoms with Gasteiger partial charge in [0.2, 0.25) is 0 Å². The molecule has 2 N–H and O–H groups in total. The van der Waals surface area contributed by atoms with Crippen LogP contribution in [0, 0.1) is 11.3 Å². The molecule has 3 atom stereocenters. The Bertz CT molecular complexity index is 531. The first-order valence-corrected chi connectivity index (χ1v) is 8.88. The standard InChI is InChI=1S/C13H22N2O5S/c1-15(7-3-10(16)17)21(18,19)14-11-9-4-8-20-12(9)13(11)5-2-6-13/h9,11-12,14H,2-8H2,1H3,(H,16,17). The number of aliphatic carboxylic acids is 1. The minimum atomic E-state index is -3.64. The fourth-order valence-electron chi connectivity index (χ4n) is 4.03. The highest BCUT2D eigenvalue weighted by atomic mass is 32.2. The van der Waals surface area contributed by atoms with Gasteiger partial charge in [-0.15, -0.1) is 0 Å². The number of fused-ring (bicyclic) bond motifs is 2. The molecule has 0 amide bonds. The molecule has 7 nitrogen and oxygen atoms in total. The number of nitrogens with one attached hydrogen (secondary N) is 1. The Morgan fingerprint density at radius 2 is 2.19 bits per heavy atom. The van der Waals surface area contributed by atoms with Crippen LogP contribution in [-0.4, -0.2) is 56.1 Å². The minimum Gasteiger partial charge on any atom is -0.481 e. The zero-order valence-electron chi connectivity index (χ0n) is 12.1. The van der Waals surface area contributed by atoms with E-state index >= 15 is 0 Å². The SMILES string of the molecule is CN(CCC(=O)O)S(=O)(=O)NC1C2CCOC2C12CCC2. The number of nitrogens with zero attached hydrogens (tertiary/aromatic N) is 1. The van der Waals surface area contributed by atoms with Crippen LogP contribution in [0.15, 0.2) is 0 Å². The third-order valence-electron chi connectivity index (χ3n) is 5.36. The van der Waals surface area contributed by atoms with Gasteiger partial charge in [-0.25, -0.2) is 0 Å². The number of rotatable bonds is 6. The highest BCUT2D eigenvalue weighted by Gasteiger charge is 2.67. The topological polar surface area (TPSA) is 95.9 Å². The molecule has 0 aromatic heterocycles. The minimum absolute atomic E-state index is 0.0120. The number of hydrogen-bond acceptors (Lipinski definition) is 4. The van der Waals surface area contributed by atoms with Gasteiger partial charge in [0.05, 0.1) is 12.5 Å². The van der Waals surface area contributed by atoms with Gasteiger partial charge in [-0.2, -0.15) is 17.4 Å². The Kier molecular flexibility index (Phi) is 3.76. The maximum Gasteiger partial charge on any atom is 0.304 e. The molecule has 8 heteroatoms. The van der Waals surface area contributed by atoms with E-state index in [1.165, 1.54) is 7.05 Å². The second-order valence-corrected chi connectivity index (χ2v) is 8.21. The lowest BCUT2D eigenvalue weighted by Crippen LogP contribution is -2.72. The highest BCUT2D eigenvalue weighted by Crippen LogP contribution is 2.62. The summed E-state index contributed by atoms with van der Waals surface area (Å²) in [4.78, 5) is 10.6. The van der Waals surface area contributed by atoms with Crippen LogP contribution >= 0.6 is 0 Å². The second-order valence-electron chi connectivity index (χ2n) is 6.40. The molecule has 3 unspecified atom stereocenters. The van der Waals surface area contributed by atoms with Crippen LogP contribution in [0.2, 0.25) is 0 Å². The molecule has 1 saturated heterocycles. The van der Waals surface area contributed by atoms with Crippen LogP contribution < -0.4 is 4.72 Å². The molecule has 0 aromatic rings. The van der Waals surface area contributed by atoms with Crippen molar-refractivity contribution < 1.29 is 23.1 Å². The van der Waals surface area contributed by atoms with Gasteiger partial charge >= 0.3 is 5.97 Å². The van der Waals surface area contributed by atoms with Crippen LogP contribution in [0.25, 0.3) is 0 Å². The van der Waals surface area contributed by atoms with Crippen LogP contribution in [-0.2, 0) is 19.7 Å². The summed E-state index contributed by atoms with van der Waals surface area (Å²) in [5, 5.41) is 8.66. The molecule has 2 aliphatic carbocycles. The quantitative estimate of drug-likeness (QED) is 0.728. The molecule has 2 saturated carbocycles. The van der Waals surface area contributed by atoms with Crippen molar-refractivity contribution in [1.29, 1.82) is 0 Å². The van der Waals surface area contributed by atoms with E-state index < -0.39 is 16.2 Å². The number of ether oxygens (including phenoxy) is 1. The van der Waals surface area contributed by atoms with E-state index in [-0.39, 0.29) is 36.4 Å². The molecule has 120 valence electrons. The van der Waals surface area contributed by atoms with Crippen molar-refractivity contribution in [3.63, 3.8) is 0 Å². The summed E-state index contributed by atoms with van der Waals surface area (Å²) in [5.41, 5.74) is -0.0120. The molecule has 1 heterocycles. The molecule has 21 heavy (non-hydrogen) atoms. The van der Waals surface area contributed by atoms with E-state index in [1.807, 2.05) is 0 Å². The smallest absolute Gasteiger partial charge is 0.304 e. The van der Waals surface area contributed by atoms with Gasteiger partial charge < -0.3 is 9.84 Å². The average molecular weight is 318 g/mol. The Labute approximate surface area is 124 Å². The first-order valence-electron chi connectivity index (χ1n) is 7.44. The largest absolute Gasteiger partial charge is 0.481 e. The summed E-state index contributed by atoms with van der Waals surface area (Å²) >= 11 is 0.